The molecule has 0 aliphatic carbocycles. The summed E-state index contributed by atoms with van der Waals surface area (Å²) >= 11 is 0. The molecule has 0 spiro atoms. The second kappa shape index (κ2) is 6.81. The van der Waals surface area contributed by atoms with E-state index in [1.165, 1.54) is 4.90 Å². The fourth-order valence-corrected chi connectivity index (χ4v) is 2.39. The van der Waals surface area contributed by atoms with Crippen LogP contribution in [-0.2, 0) is 14.3 Å². The first-order valence-corrected chi connectivity index (χ1v) is 7.53. The Bertz CT molecular complexity index is 578. The van der Waals surface area contributed by atoms with Gasteiger partial charge in [0, 0.05) is 13.0 Å². The summed E-state index contributed by atoms with van der Waals surface area (Å²) in [6.45, 7) is 5.57. The summed E-state index contributed by atoms with van der Waals surface area (Å²) in [5.41, 5.74) is -0.239. The normalized spacial score (nSPS) is 20.9. The maximum atomic E-state index is 12.1. The molecule has 1 heterocycles. The Kier molecular flexibility index (Phi) is 5.03. The van der Waals surface area contributed by atoms with E-state index in [4.69, 9.17) is 9.47 Å². The number of hydrogen-bond acceptors (Lipinski definition) is 5. The van der Waals surface area contributed by atoms with Crippen LogP contribution in [0.4, 0.5) is 4.79 Å². The third-order valence-corrected chi connectivity index (χ3v) is 3.43. The van der Waals surface area contributed by atoms with Crippen molar-refractivity contribution in [1.29, 1.82) is 0 Å². The Balaban J connectivity index is 2.03. The van der Waals surface area contributed by atoms with Gasteiger partial charge in [-0.25, -0.2) is 9.59 Å². The van der Waals surface area contributed by atoms with E-state index in [9.17, 15) is 14.4 Å². The van der Waals surface area contributed by atoms with E-state index in [0.717, 1.165) is 0 Å². The number of ether oxygens (including phenoxy) is 2. The lowest BCUT2D eigenvalue weighted by atomic mass is 10.2. The summed E-state index contributed by atoms with van der Waals surface area (Å²) in [4.78, 5) is 36.9. The second-order valence-corrected chi connectivity index (χ2v) is 6.40. The van der Waals surface area contributed by atoms with Crippen molar-refractivity contribution in [2.75, 3.05) is 6.54 Å². The van der Waals surface area contributed by atoms with Crippen molar-refractivity contribution in [2.45, 2.75) is 44.9 Å². The molecular formula is C17H21NO5. The summed E-state index contributed by atoms with van der Waals surface area (Å²) in [6, 6.07) is 7.71. The molecule has 0 radical (unpaired) electrons. The predicted octanol–water partition coefficient (Wildman–Crippen LogP) is 2.42. The SMILES string of the molecule is CC(C)(C)OC(=O)N1CCC(OC(=O)c2ccccc2)C1C=O. The van der Waals surface area contributed by atoms with Crippen molar-refractivity contribution in [3.8, 4) is 0 Å². The molecule has 0 saturated carbocycles. The number of esters is 1. The fourth-order valence-electron chi connectivity index (χ4n) is 2.39. The zero-order valence-corrected chi connectivity index (χ0v) is 13.5. The van der Waals surface area contributed by atoms with E-state index in [1.807, 2.05) is 0 Å². The van der Waals surface area contributed by atoms with Gasteiger partial charge >= 0.3 is 12.1 Å². The molecule has 2 unspecified atom stereocenters. The van der Waals surface area contributed by atoms with Gasteiger partial charge in [0.2, 0.25) is 0 Å². The van der Waals surface area contributed by atoms with Gasteiger partial charge in [0.15, 0.2) is 0 Å². The minimum Gasteiger partial charge on any atom is -0.456 e. The third-order valence-electron chi connectivity index (χ3n) is 3.43. The lowest BCUT2D eigenvalue weighted by molar-refractivity contribution is -0.114. The van der Waals surface area contributed by atoms with E-state index >= 15 is 0 Å². The molecule has 1 saturated heterocycles. The van der Waals surface area contributed by atoms with Crippen molar-refractivity contribution in [2.24, 2.45) is 0 Å². The maximum absolute atomic E-state index is 12.1. The van der Waals surface area contributed by atoms with Gasteiger partial charge in [-0.05, 0) is 32.9 Å². The van der Waals surface area contributed by atoms with Gasteiger partial charge in [-0.15, -0.1) is 0 Å². The molecule has 1 aromatic rings. The van der Waals surface area contributed by atoms with E-state index < -0.39 is 29.8 Å². The van der Waals surface area contributed by atoms with E-state index in [2.05, 4.69) is 0 Å². The van der Waals surface area contributed by atoms with Crippen LogP contribution in [0, 0.1) is 0 Å². The van der Waals surface area contributed by atoms with Gasteiger partial charge in [0.1, 0.15) is 24.0 Å². The van der Waals surface area contributed by atoms with Crippen LogP contribution in [0.1, 0.15) is 37.6 Å². The molecule has 1 amide bonds. The standard InChI is InChI=1S/C17H21NO5/c1-17(2,3)23-16(21)18-10-9-14(13(18)11-19)22-15(20)12-7-5-4-6-8-12/h4-8,11,13-14H,9-10H2,1-3H3. The topological polar surface area (TPSA) is 72.9 Å². The molecule has 23 heavy (non-hydrogen) atoms. The van der Waals surface area contributed by atoms with Crippen molar-refractivity contribution < 1.29 is 23.9 Å². The van der Waals surface area contributed by atoms with Gasteiger partial charge in [-0.3, -0.25) is 4.90 Å². The maximum Gasteiger partial charge on any atom is 0.411 e. The molecule has 0 bridgehead atoms. The molecule has 1 aliphatic rings. The minimum atomic E-state index is -0.822. The smallest absolute Gasteiger partial charge is 0.411 e. The molecule has 124 valence electrons. The minimum absolute atomic E-state index is 0.311. The number of benzene rings is 1. The monoisotopic (exact) mass is 319 g/mol. The summed E-state index contributed by atoms with van der Waals surface area (Å²) in [6.07, 6.45) is -0.207. The van der Waals surface area contributed by atoms with Crippen molar-refractivity contribution in [3.05, 3.63) is 35.9 Å². The zero-order chi connectivity index (χ0) is 17.0. The van der Waals surface area contributed by atoms with E-state index in [1.54, 1.807) is 51.1 Å². The highest BCUT2D eigenvalue weighted by atomic mass is 16.6. The Hall–Kier alpha value is -2.37. The zero-order valence-electron chi connectivity index (χ0n) is 13.5. The Morgan fingerprint density at radius 2 is 1.87 bits per heavy atom. The number of aldehydes is 1. The number of hydrogen-bond donors (Lipinski definition) is 0. The highest BCUT2D eigenvalue weighted by Gasteiger charge is 2.41. The van der Waals surface area contributed by atoms with Gasteiger partial charge < -0.3 is 14.3 Å². The van der Waals surface area contributed by atoms with Crippen LogP contribution in [0.15, 0.2) is 30.3 Å². The van der Waals surface area contributed by atoms with E-state index in [-0.39, 0.29) is 0 Å². The molecule has 2 rings (SSSR count). The first-order chi connectivity index (χ1) is 10.8. The number of carbonyl (C=O) groups is 3. The Labute approximate surface area is 135 Å². The number of rotatable bonds is 3. The molecule has 0 aromatic heterocycles. The van der Waals surface area contributed by atoms with Gasteiger partial charge in [0.25, 0.3) is 0 Å². The lowest BCUT2D eigenvalue weighted by Crippen LogP contribution is -2.44. The molecule has 6 heteroatoms. The highest BCUT2D eigenvalue weighted by Crippen LogP contribution is 2.23. The van der Waals surface area contributed by atoms with Crippen LogP contribution in [0.5, 0.6) is 0 Å². The molecule has 6 nitrogen and oxygen atoms in total. The van der Waals surface area contributed by atoms with Crippen molar-refractivity contribution in [1.82, 2.24) is 4.90 Å². The second-order valence-electron chi connectivity index (χ2n) is 6.40. The largest absolute Gasteiger partial charge is 0.456 e. The summed E-state index contributed by atoms with van der Waals surface area (Å²) < 4.78 is 10.7. The molecule has 1 fully saturated rings. The van der Waals surface area contributed by atoms with Crippen molar-refractivity contribution >= 4 is 18.3 Å². The Morgan fingerprint density at radius 3 is 2.43 bits per heavy atom. The van der Waals surface area contributed by atoms with Crippen LogP contribution >= 0.6 is 0 Å². The van der Waals surface area contributed by atoms with Crippen LogP contribution in [0.3, 0.4) is 0 Å². The molecular weight excluding hydrogens is 298 g/mol. The third kappa shape index (κ3) is 4.31. The number of likely N-dealkylation sites (tertiary alicyclic amines) is 1. The quantitative estimate of drug-likeness (QED) is 0.632. The first-order valence-electron chi connectivity index (χ1n) is 7.53. The van der Waals surface area contributed by atoms with Gasteiger partial charge in [-0.2, -0.15) is 0 Å². The first kappa shape index (κ1) is 17.0. The molecule has 2 atom stereocenters. The van der Waals surface area contributed by atoms with Gasteiger partial charge in [0.05, 0.1) is 5.56 Å². The van der Waals surface area contributed by atoms with Crippen LogP contribution < -0.4 is 0 Å². The molecule has 1 aliphatic heterocycles. The number of carbonyl (C=O) groups excluding carboxylic acids is 3. The average molecular weight is 319 g/mol. The average Bonchev–Trinajstić information content (AvgIpc) is 2.89. The Morgan fingerprint density at radius 1 is 1.22 bits per heavy atom. The number of amides is 1. The van der Waals surface area contributed by atoms with E-state index in [0.29, 0.717) is 24.8 Å². The lowest BCUT2D eigenvalue weighted by Gasteiger charge is -2.27. The fraction of sp³-hybridized carbons (Fsp3) is 0.471. The van der Waals surface area contributed by atoms with Crippen LogP contribution in [-0.4, -0.2) is 47.5 Å². The van der Waals surface area contributed by atoms with Crippen molar-refractivity contribution in [3.63, 3.8) is 0 Å². The van der Waals surface area contributed by atoms with Crippen LogP contribution in [0.25, 0.3) is 0 Å². The van der Waals surface area contributed by atoms with Gasteiger partial charge in [-0.1, -0.05) is 18.2 Å². The summed E-state index contributed by atoms with van der Waals surface area (Å²) in [7, 11) is 0. The number of nitrogens with zero attached hydrogens (tertiary/aromatic N) is 1. The summed E-state index contributed by atoms with van der Waals surface area (Å²) in [5, 5.41) is 0. The summed E-state index contributed by atoms with van der Waals surface area (Å²) in [5.74, 6) is -0.506. The highest BCUT2D eigenvalue weighted by molar-refractivity contribution is 5.89. The molecule has 1 aromatic carbocycles. The van der Waals surface area contributed by atoms with Crippen LogP contribution in [0.2, 0.25) is 0 Å². The predicted molar refractivity (Wildman–Crippen MR) is 83.1 cm³/mol. The molecule has 0 N–H and O–H groups in total.